The molecule has 0 aromatic heterocycles. The van der Waals surface area contributed by atoms with Gasteiger partial charge < -0.3 is 13.7 Å². The first-order valence-electron chi connectivity index (χ1n) is 9.21. The van der Waals surface area contributed by atoms with Crippen molar-refractivity contribution in [2.45, 2.75) is 25.8 Å². The number of carbonyl (C=O) groups is 1. The van der Waals surface area contributed by atoms with Crippen LogP contribution >= 0.6 is 0 Å². The lowest BCUT2D eigenvalue weighted by Crippen LogP contribution is -2.25. The van der Waals surface area contributed by atoms with Crippen molar-refractivity contribution < 1.29 is 40.0 Å². The molecule has 0 aliphatic heterocycles. The van der Waals surface area contributed by atoms with E-state index in [1.54, 1.807) is 56.3 Å². The van der Waals surface area contributed by atoms with Gasteiger partial charge in [0, 0.05) is 5.56 Å². The van der Waals surface area contributed by atoms with Gasteiger partial charge in [0.1, 0.15) is 11.5 Å². The smallest absolute Gasteiger partial charge is 0.482 e. The quantitative estimate of drug-likeness (QED) is 0.235. The first-order chi connectivity index (χ1) is 14.5. The number of halogens is 3. The average Bonchev–Trinajstić information content (AvgIpc) is 2.71. The molecule has 2 aromatic rings. The Kier molecular flexibility index (Phi) is 7.72. The molecule has 2 rings (SSSR count). The van der Waals surface area contributed by atoms with Crippen LogP contribution in [0.25, 0.3) is 16.9 Å². The Hall–Kier alpha value is -3.01. The molecule has 0 saturated heterocycles. The van der Waals surface area contributed by atoms with E-state index in [0.717, 1.165) is 0 Å². The van der Waals surface area contributed by atoms with Gasteiger partial charge >= 0.3 is 21.6 Å². The molecule has 0 bridgehead atoms. The summed E-state index contributed by atoms with van der Waals surface area (Å²) in [7, 11) is -5.86. The molecule has 0 N–H and O–H groups in total. The SMILES string of the molecule is C=C(OS(=O)(=O)C(F)(F)F)c1c(CC)cccc1-c1ccc(OCC(=O)OCC)cc1. The van der Waals surface area contributed by atoms with Gasteiger partial charge in [0.15, 0.2) is 6.61 Å². The van der Waals surface area contributed by atoms with E-state index < -0.39 is 27.4 Å². The van der Waals surface area contributed by atoms with E-state index in [4.69, 9.17) is 9.47 Å². The maximum absolute atomic E-state index is 12.7. The zero-order chi connectivity index (χ0) is 23.2. The van der Waals surface area contributed by atoms with Gasteiger partial charge in [-0.3, -0.25) is 0 Å². The lowest BCUT2D eigenvalue weighted by molar-refractivity contribution is -0.145. The number of rotatable bonds is 9. The number of benzene rings is 2. The molecule has 6 nitrogen and oxygen atoms in total. The molecule has 0 atom stereocenters. The van der Waals surface area contributed by atoms with E-state index in [9.17, 15) is 26.4 Å². The second-order valence-corrected chi connectivity index (χ2v) is 7.76. The molecule has 2 aromatic carbocycles. The minimum atomic E-state index is -5.86. The predicted molar refractivity (Wildman–Crippen MR) is 108 cm³/mol. The third-order valence-corrected chi connectivity index (χ3v) is 5.12. The van der Waals surface area contributed by atoms with E-state index in [1.807, 2.05) is 0 Å². The number of alkyl halides is 3. The Morgan fingerprint density at radius 3 is 2.26 bits per heavy atom. The molecule has 0 aliphatic carbocycles. The van der Waals surface area contributed by atoms with Crippen molar-refractivity contribution in [2.24, 2.45) is 0 Å². The first-order valence-corrected chi connectivity index (χ1v) is 10.6. The third kappa shape index (κ3) is 6.00. The summed E-state index contributed by atoms with van der Waals surface area (Å²) in [5.41, 5.74) is -3.88. The number of carbonyl (C=O) groups excluding carboxylic acids is 1. The van der Waals surface area contributed by atoms with Crippen LogP contribution in [0.5, 0.6) is 5.75 Å². The maximum Gasteiger partial charge on any atom is 0.534 e. The third-order valence-electron chi connectivity index (χ3n) is 4.13. The fourth-order valence-electron chi connectivity index (χ4n) is 2.76. The Morgan fingerprint density at radius 1 is 1.06 bits per heavy atom. The molecule has 0 amide bonds. The molecule has 0 heterocycles. The first kappa shape index (κ1) is 24.3. The summed E-state index contributed by atoms with van der Waals surface area (Å²) in [6, 6.07) is 11.3. The van der Waals surface area contributed by atoms with E-state index in [2.05, 4.69) is 10.8 Å². The van der Waals surface area contributed by atoms with E-state index in [-0.39, 0.29) is 18.8 Å². The minimum absolute atomic E-state index is 0.151. The second kappa shape index (κ2) is 9.86. The number of aryl methyl sites for hydroxylation is 1. The maximum atomic E-state index is 12.7. The van der Waals surface area contributed by atoms with Gasteiger partial charge in [0.2, 0.25) is 0 Å². The van der Waals surface area contributed by atoms with Gasteiger partial charge in [-0.25, -0.2) is 4.79 Å². The van der Waals surface area contributed by atoms with Crippen molar-refractivity contribution in [3.05, 3.63) is 60.2 Å². The van der Waals surface area contributed by atoms with Crippen molar-refractivity contribution in [1.82, 2.24) is 0 Å². The lowest BCUT2D eigenvalue weighted by atomic mass is 9.93. The van der Waals surface area contributed by atoms with Crippen LogP contribution in [0.4, 0.5) is 13.2 Å². The number of ether oxygens (including phenoxy) is 2. The van der Waals surface area contributed by atoms with Crippen LogP contribution in [-0.4, -0.2) is 33.1 Å². The van der Waals surface area contributed by atoms with Gasteiger partial charge in [0.25, 0.3) is 0 Å². The Labute approximate surface area is 178 Å². The lowest BCUT2D eigenvalue weighted by Gasteiger charge is -2.18. The molecule has 0 saturated carbocycles. The molecular weight excluding hydrogens is 437 g/mol. The average molecular weight is 458 g/mol. The van der Waals surface area contributed by atoms with Gasteiger partial charge in [-0.05, 0) is 42.2 Å². The fourth-order valence-corrected chi connectivity index (χ4v) is 3.20. The Morgan fingerprint density at radius 2 is 1.71 bits per heavy atom. The molecule has 0 unspecified atom stereocenters. The predicted octanol–water partition coefficient (Wildman–Crippen LogP) is 4.69. The molecule has 0 spiro atoms. The summed E-state index contributed by atoms with van der Waals surface area (Å²) in [6.45, 7) is 6.82. The fraction of sp³-hybridized carbons (Fsp3) is 0.286. The minimum Gasteiger partial charge on any atom is -0.482 e. The van der Waals surface area contributed by atoms with Crippen LogP contribution in [0.15, 0.2) is 49.0 Å². The summed E-state index contributed by atoms with van der Waals surface area (Å²) in [5.74, 6) is -0.782. The van der Waals surface area contributed by atoms with E-state index >= 15 is 0 Å². The second-order valence-electron chi connectivity index (χ2n) is 6.22. The highest BCUT2D eigenvalue weighted by Gasteiger charge is 2.49. The zero-order valence-electron chi connectivity index (χ0n) is 16.9. The molecular formula is C21H21F3O6S. The summed E-state index contributed by atoms with van der Waals surface area (Å²) in [4.78, 5) is 11.4. The van der Waals surface area contributed by atoms with Crippen LogP contribution in [0.2, 0.25) is 0 Å². The number of hydrogen-bond donors (Lipinski definition) is 0. The number of esters is 1. The zero-order valence-corrected chi connectivity index (χ0v) is 17.7. The van der Waals surface area contributed by atoms with Crippen molar-refractivity contribution in [3.8, 4) is 16.9 Å². The highest BCUT2D eigenvalue weighted by atomic mass is 32.2. The van der Waals surface area contributed by atoms with Crippen LogP contribution in [-0.2, 0) is 30.3 Å². The normalized spacial score (nSPS) is 11.6. The highest BCUT2D eigenvalue weighted by Crippen LogP contribution is 2.36. The monoisotopic (exact) mass is 458 g/mol. The van der Waals surface area contributed by atoms with E-state index in [0.29, 0.717) is 28.9 Å². The van der Waals surface area contributed by atoms with Crippen molar-refractivity contribution >= 4 is 21.8 Å². The Bertz CT molecular complexity index is 1040. The van der Waals surface area contributed by atoms with Crippen molar-refractivity contribution in [2.75, 3.05) is 13.2 Å². The molecule has 10 heteroatoms. The van der Waals surface area contributed by atoms with Gasteiger partial charge in [-0.2, -0.15) is 21.6 Å². The standard InChI is InChI=1S/C21H21F3O6S/c1-4-15-7-6-8-18(20(15)14(3)30-31(26,27)21(22,23)24)16-9-11-17(12-10-16)29-13-19(25)28-5-2/h6-12H,3-5,13H2,1-2H3. The molecule has 168 valence electrons. The molecule has 0 radical (unpaired) electrons. The van der Waals surface area contributed by atoms with Crippen LogP contribution in [0, 0.1) is 0 Å². The van der Waals surface area contributed by atoms with Crippen molar-refractivity contribution in [1.29, 1.82) is 0 Å². The molecule has 0 aliphatic rings. The molecule has 0 fully saturated rings. The summed E-state index contributed by atoms with van der Waals surface area (Å²) < 4.78 is 75.5. The van der Waals surface area contributed by atoms with Gasteiger partial charge in [-0.1, -0.05) is 43.8 Å². The van der Waals surface area contributed by atoms with E-state index in [1.165, 1.54) is 0 Å². The highest BCUT2D eigenvalue weighted by molar-refractivity contribution is 7.87. The number of hydrogen-bond acceptors (Lipinski definition) is 6. The van der Waals surface area contributed by atoms with Crippen LogP contribution in [0.1, 0.15) is 25.0 Å². The summed E-state index contributed by atoms with van der Waals surface area (Å²) in [5, 5.41) is 0. The van der Waals surface area contributed by atoms with Gasteiger partial charge in [0.05, 0.1) is 6.61 Å². The summed E-state index contributed by atoms with van der Waals surface area (Å²) in [6.07, 6.45) is 0.401. The summed E-state index contributed by atoms with van der Waals surface area (Å²) >= 11 is 0. The largest absolute Gasteiger partial charge is 0.534 e. The van der Waals surface area contributed by atoms with Crippen LogP contribution < -0.4 is 4.74 Å². The topological polar surface area (TPSA) is 78.9 Å². The van der Waals surface area contributed by atoms with Crippen LogP contribution in [0.3, 0.4) is 0 Å². The van der Waals surface area contributed by atoms with Crippen molar-refractivity contribution in [3.63, 3.8) is 0 Å². The molecule has 31 heavy (non-hydrogen) atoms. The Balaban J connectivity index is 2.36. The van der Waals surface area contributed by atoms with Gasteiger partial charge in [-0.15, -0.1) is 0 Å².